The molecule has 0 atom stereocenters. The Balaban J connectivity index is 0.000000585. The van der Waals surface area contributed by atoms with Crippen molar-refractivity contribution in [2.45, 2.75) is 298 Å². The van der Waals surface area contributed by atoms with E-state index in [0.29, 0.717) is 0 Å². The minimum absolute atomic E-state index is 0.0348. The van der Waals surface area contributed by atoms with E-state index in [-0.39, 0.29) is 67.0 Å². The first-order chi connectivity index (χ1) is 47.2. The van der Waals surface area contributed by atoms with Gasteiger partial charge in [0.2, 0.25) is 0 Å². The van der Waals surface area contributed by atoms with Gasteiger partial charge in [0.1, 0.15) is 11.6 Å². The molecule has 1 N–H and O–H groups in total. The zero-order valence-electron chi connectivity index (χ0n) is 71.6. The van der Waals surface area contributed by atoms with E-state index in [2.05, 4.69) is 321 Å². The van der Waals surface area contributed by atoms with Crippen LogP contribution in [0.5, 0.6) is 0 Å². The molecule has 9 aromatic carbocycles. The SMILES string of the molecule is CC(C)(C)c1cc(F)ccc1CO.CC(C)(C)c1ccccc1Cl.Cc1ccc(C(C)(C)C)cc1.Cc1ccc(C(C)(C)C)cc1.Cc1ccc(C(C)(C)C)cc1C.Cc1ccc(Cl)c(C(C)(C)C)c1.Cc1ccc(F)c(C(C)(C)C)c1.Cc1cccc(C(C)(C)C)c1.Cc1ccccc1C(C)(C)C. The summed E-state index contributed by atoms with van der Waals surface area (Å²) in [5.41, 5.74) is 24.0. The lowest BCUT2D eigenvalue weighted by molar-refractivity contribution is 0.278. The van der Waals surface area contributed by atoms with Gasteiger partial charge in [0, 0.05) is 10.0 Å². The first kappa shape index (κ1) is 95.4. The quantitative estimate of drug-likeness (QED) is 0.174. The third kappa shape index (κ3) is 36.1. The zero-order chi connectivity index (χ0) is 80.5. The Morgan fingerprint density at radius 1 is 0.250 bits per heavy atom. The first-order valence-corrected chi connectivity index (χ1v) is 38.0. The average Bonchev–Trinajstić information content (AvgIpc) is 0.830. The van der Waals surface area contributed by atoms with Gasteiger partial charge in [-0.05, 0) is 207 Å². The summed E-state index contributed by atoms with van der Waals surface area (Å²) in [6, 6.07) is 65.3. The number of halogens is 4. The third-order valence-corrected chi connectivity index (χ3v) is 18.3. The van der Waals surface area contributed by atoms with E-state index in [4.69, 9.17) is 28.3 Å². The summed E-state index contributed by atoms with van der Waals surface area (Å²) in [6.07, 6.45) is 0. The fraction of sp³-hybridized carbons (Fsp3) is 0.455. The number of aryl methyl sites for hydroxylation is 8. The van der Waals surface area contributed by atoms with E-state index in [9.17, 15) is 8.78 Å². The number of benzene rings is 9. The molecule has 0 unspecified atom stereocenters. The maximum absolute atomic E-state index is 13.3. The molecule has 0 fully saturated rings. The van der Waals surface area contributed by atoms with E-state index >= 15 is 0 Å². The van der Waals surface area contributed by atoms with E-state index in [1.165, 1.54) is 96.1 Å². The summed E-state index contributed by atoms with van der Waals surface area (Å²) in [5.74, 6) is -0.352. The highest BCUT2D eigenvalue weighted by molar-refractivity contribution is 6.31. The highest BCUT2D eigenvalue weighted by Crippen LogP contribution is 2.33. The molecular weight excluding hydrogens is 1310 g/mol. The number of aliphatic hydroxyl groups is 1. The van der Waals surface area contributed by atoms with Crippen LogP contribution < -0.4 is 0 Å². The van der Waals surface area contributed by atoms with Crippen LogP contribution in [0.25, 0.3) is 0 Å². The second-order valence-corrected chi connectivity index (χ2v) is 38.2. The van der Waals surface area contributed by atoms with Gasteiger partial charge < -0.3 is 5.11 Å². The van der Waals surface area contributed by atoms with Crippen LogP contribution in [-0.2, 0) is 55.3 Å². The fourth-order valence-corrected chi connectivity index (χ4v) is 11.5. The number of rotatable bonds is 1. The van der Waals surface area contributed by atoms with Crippen LogP contribution in [-0.4, -0.2) is 5.11 Å². The Morgan fingerprint density at radius 2 is 0.606 bits per heavy atom. The zero-order valence-corrected chi connectivity index (χ0v) is 73.2. The average molecular weight is 1460 g/mol. The predicted octanol–water partition coefficient (Wildman–Crippen LogP) is 30.4. The van der Waals surface area contributed by atoms with Crippen LogP contribution in [0.3, 0.4) is 0 Å². The van der Waals surface area contributed by atoms with Gasteiger partial charge in [-0.1, -0.05) is 402 Å². The van der Waals surface area contributed by atoms with E-state index < -0.39 is 0 Å². The lowest BCUT2D eigenvalue weighted by Gasteiger charge is -2.22. The van der Waals surface area contributed by atoms with Crippen molar-refractivity contribution in [1.82, 2.24) is 0 Å². The van der Waals surface area contributed by atoms with Gasteiger partial charge in [-0.3, -0.25) is 0 Å². The molecule has 9 rings (SSSR count). The molecule has 0 bridgehead atoms. The van der Waals surface area contributed by atoms with Crippen molar-refractivity contribution >= 4 is 23.2 Å². The van der Waals surface area contributed by atoms with E-state index in [1.807, 2.05) is 84.9 Å². The molecule has 0 saturated heterocycles. The maximum atomic E-state index is 13.3. The smallest absolute Gasteiger partial charge is 0.126 e. The monoisotopic (exact) mass is 1450 g/mol. The van der Waals surface area contributed by atoms with Crippen molar-refractivity contribution in [2.24, 2.45) is 0 Å². The topological polar surface area (TPSA) is 20.2 Å². The Morgan fingerprint density at radius 3 is 0.942 bits per heavy atom. The predicted molar refractivity (Wildman–Crippen MR) is 460 cm³/mol. The van der Waals surface area contributed by atoms with E-state index in [0.717, 1.165) is 32.3 Å². The molecule has 104 heavy (non-hydrogen) atoms. The van der Waals surface area contributed by atoms with E-state index in [1.54, 1.807) is 12.1 Å². The van der Waals surface area contributed by atoms with Crippen LogP contribution >= 0.6 is 23.2 Å². The number of aliphatic hydroxyl groups excluding tert-OH is 1. The molecule has 0 aliphatic heterocycles. The normalized spacial score (nSPS) is 11.7. The van der Waals surface area contributed by atoms with Crippen LogP contribution in [0.1, 0.15) is 287 Å². The van der Waals surface area contributed by atoms with Crippen molar-refractivity contribution in [3.63, 3.8) is 0 Å². The molecule has 0 aromatic heterocycles. The van der Waals surface area contributed by atoms with Crippen molar-refractivity contribution in [2.75, 3.05) is 0 Å². The first-order valence-electron chi connectivity index (χ1n) is 37.2. The molecule has 0 radical (unpaired) electrons. The summed E-state index contributed by atoms with van der Waals surface area (Å²) in [6.45, 7) is 75.6. The summed E-state index contributed by atoms with van der Waals surface area (Å²) in [4.78, 5) is 0. The highest BCUT2D eigenvalue weighted by atomic mass is 35.5. The van der Waals surface area contributed by atoms with Crippen molar-refractivity contribution < 1.29 is 13.9 Å². The van der Waals surface area contributed by atoms with Gasteiger partial charge in [0.25, 0.3) is 0 Å². The largest absolute Gasteiger partial charge is 0.392 e. The second kappa shape index (κ2) is 40.9. The molecule has 570 valence electrons. The van der Waals surface area contributed by atoms with Gasteiger partial charge in [-0.25, -0.2) is 8.78 Å². The summed E-state index contributed by atoms with van der Waals surface area (Å²) < 4.78 is 26.2. The third-order valence-electron chi connectivity index (χ3n) is 17.6. The van der Waals surface area contributed by atoms with Crippen molar-refractivity contribution in [3.05, 3.63) is 316 Å². The van der Waals surface area contributed by atoms with Gasteiger partial charge in [-0.2, -0.15) is 0 Å². The van der Waals surface area contributed by atoms with Gasteiger partial charge >= 0.3 is 0 Å². The molecule has 1 nitrogen and oxygen atoms in total. The highest BCUT2D eigenvalue weighted by Gasteiger charge is 2.22. The Bertz CT molecular complexity index is 3820. The van der Waals surface area contributed by atoms with Gasteiger partial charge in [-0.15, -0.1) is 0 Å². The van der Waals surface area contributed by atoms with Crippen molar-refractivity contribution in [3.8, 4) is 0 Å². The fourth-order valence-electron chi connectivity index (χ4n) is 10.7. The van der Waals surface area contributed by atoms with Gasteiger partial charge in [0.15, 0.2) is 0 Å². The molecule has 0 aliphatic rings. The Hall–Kier alpha value is -6.62. The van der Waals surface area contributed by atoms with Crippen LogP contribution in [0.15, 0.2) is 194 Å². The summed E-state index contributed by atoms with van der Waals surface area (Å²) >= 11 is 12.1. The minimum Gasteiger partial charge on any atom is -0.392 e. The number of hydrogen-bond donors (Lipinski definition) is 1. The molecule has 0 saturated carbocycles. The lowest BCUT2D eigenvalue weighted by atomic mass is 9.84. The Kier molecular flexibility index (Phi) is 37.5. The molecule has 0 aliphatic carbocycles. The molecule has 9 aromatic rings. The molecular formula is C99H140Cl2F2O. The lowest BCUT2D eigenvalue weighted by Crippen LogP contribution is -2.14. The molecule has 0 heterocycles. The number of hydrogen-bond acceptors (Lipinski definition) is 1. The molecule has 5 heteroatoms. The maximum Gasteiger partial charge on any atom is 0.126 e. The van der Waals surface area contributed by atoms with Crippen LogP contribution in [0.2, 0.25) is 10.0 Å². The molecule has 0 spiro atoms. The van der Waals surface area contributed by atoms with Gasteiger partial charge in [0.05, 0.1) is 6.61 Å². The van der Waals surface area contributed by atoms with Crippen molar-refractivity contribution in [1.29, 1.82) is 0 Å². The van der Waals surface area contributed by atoms with Crippen LogP contribution in [0.4, 0.5) is 8.78 Å². The Labute approximate surface area is 646 Å². The second-order valence-electron chi connectivity index (χ2n) is 37.4. The minimum atomic E-state index is -0.248. The molecule has 0 amide bonds. The summed E-state index contributed by atoms with van der Waals surface area (Å²) in [5, 5.41) is 10.8. The van der Waals surface area contributed by atoms with Crippen LogP contribution in [0, 0.1) is 67.0 Å². The standard InChI is InChI=1S/C12H18.C11H15Cl.C11H15FO.C11H15F.4C11H16.C10H13Cl/c1-9-6-7-11(8-10(9)2)12(3,4)5;1-8-5-6-10(12)9(7-8)11(2,3)4;1-11(2,3)10-6-9(12)5-4-8(10)7-13;1-8-5-6-10(12)9(7-8)11(2,3)4;2*1-9-5-7-10(8-6-9)11(2,3)4;1-9-6-5-7-10(8-9)11(2,3)4;1-9-7-5-6-8-10(9)11(2,3)4;1-10(2,3)8-6-4-5-7-9(8)11/h6-8H,1-5H3;5-7H,1-4H3;4-6,13H,7H2,1-3H3;5-7H,1-4H3;4*5-8H,1-4H3;4-7H,1-3H3. The summed E-state index contributed by atoms with van der Waals surface area (Å²) in [7, 11) is 0.